The molecule has 0 saturated heterocycles. The smallest absolute Gasteiger partial charge is 0.251 e. The van der Waals surface area contributed by atoms with E-state index in [1.54, 1.807) is 18.5 Å². The van der Waals surface area contributed by atoms with Crippen molar-refractivity contribution in [1.82, 2.24) is 29.5 Å². The zero-order valence-electron chi connectivity index (χ0n) is 14.9. The number of rotatable bonds is 4. The Hall–Kier alpha value is -4.00. The van der Waals surface area contributed by atoms with Gasteiger partial charge in [0.2, 0.25) is 0 Å². The fraction of sp³-hybridized carbons (Fsp3) is 0.0476. The van der Waals surface area contributed by atoms with E-state index in [0.717, 1.165) is 22.4 Å². The molecular weight excluding hydrogens is 352 g/mol. The SMILES string of the molecule is O=C(NCc1nnc2ccccn12)c1ccc(-n2cnc3ccccc32)cc1. The van der Waals surface area contributed by atoms with E-state index in [1.807, 2.05) is 69.8 Å². The van der Waals surface area contributed by atoms with Gasteiger partial charge < -0.3 is 5.32 Å². The average molecular weight is 368 g/mol. The molecule has 3 heterocycles. The van der Waals surface area contributed by atoms with Crippen LogP contribution in [0.25, 0.3) is 22.4 Å². The molecule has 0 aliphatic heterocycles. The Morgan fingerprint density at radius 2 is 1.75 bits per heavy atom. The predicted molar refractivity (Wildman–Crippen MR) is 105 cm³/mol. The number of nitrogens with zero attached hydrogens (tertiary/aromatic N) is 5. The summed E-state index contributed by atoms with van der Waals surface area (Å²) >= 11 is 0. The quantitative estimate of drug-likeness (QED) is 0.529. The Labute approximate surface area is 160 Å². The molecule has 1 amide bonds. The zero-order chi connectivity index (χ0) is 18.9. The lowest BCUT2D eigenvalue weighted by Crippen LogP contribution is -2.24. The number of fused-ring (bicyclic) bond motifs is 2. The number of benzene rings is 2. The van der Waals surface area contributed by atoms with Crippen LogP contribution in [0, 0.1) is 0 Å². The van der Waals surface area contributed by atoms with E-state index in [4.69, 9.17) is 0 Å². The van der Waals surface area contributed by atoms with Crippen LogP contribution in [0.15, 0.2) is 79.3 Å². The van der Waals surface area contributed by atoms with E-state index in [0.29, 0.717) is 17.9 Å². The largest absolute Gasteiger partial charge is 0.345 e. The van der Waals surface area contributed by atoms with Crippen LogP contribution in [0.4, 0.5) is 0 Å². The second-order valence-electron chi connectivity index (χ2n) is 6.38. The average Bonchev–Trinajstić information content (AvgIpc) is 3.36. The van der Waals surface area contributed by atoms with Gasteiger partial charge in [-0.05, 0) is 48.5 Å². The molecule has 0 unspecified atom stereocenters. The normalized spacial score (nSPS) is 11.1. The van der Waals surface area contributed by atoms with Gasteiger partial charge in [-0.25, -0.2) is 4.98 Å². The molecule has 0 saturated carbocycles. The van der Waals surface area contributed by atoms with Crippen molar-refractivity contribution in [1.29, 1.82) is 0 Å². The number of hydrogen-bond acceptors (Lipinski definition) is 4. The maximum absolute atomic E-state index is 12.5. The maximum Gasteiger partial charge on any atom is 0.251 e. The number of carbonyl (C=O) groups is 1. The van der Waals surface area contributed by atoms with Gasteiger partial charge in [-0.1, -0.05) is 18.2 Å². The first kappa shape index (κ1) is 16.2. The summed E-state index contributed by atoms with van der Waals surface area (Å²) < 4.78 is 3.85. The van der Waals surface area contributed by atoms with Gasteiger partial charge in [0, 0.05) is 17.4 Å². The highest BCUT2D eigenvalue weighted by molar-refractivity contribution is 5.94. The second kappa shape index (κ2) is 6.62. The van der Waals surface area contributed by atoms with Gasteiger partial charge in [-0.3, -0.25) is 13.8 Å². The van der Waals surface area contributed by atoms with Crippen LogP contribution in [0.1, 0.15) is 16.2 Å². The number of carbonyl (C=O) groups excluding carboxylic acids is 1. The molecule has 5 aromatic rings. The molecule has 1 N–H and O–H groups in total. The van der Waals surface area contributed by atoms with Gasteiger partial charge in [0.05, 0.1) is 17.6 Å². The van der Waals surface area contributed by atoms with Crippen LogP contribution in [-0.4, -0.2) is 30.1 Å². The van der Waals surface area contributed by atoms with E-state index in [2.05, 4.69) is 20.5 Å². The van der Waals surface area contributed by atoms with E-state index in [9.17, 15) is 4.79 Å². The summed E-state index contributed by atoms with van der Waals surface area (Å²) in [6, 6.07) is 21.1. The minimum absolute atomic E-state index is 0.158. The van der Waals surface area contributed by atoms with Crippen molar-refractivity contribution in [2.24, 2.45) is 0 Å². The van der Waals surface area contributed by atoms with Crippen molar-refractivity contribution in [2.45, 2.75) is 6.54 Å². The van der Waals surface area contributed by atoms with Crippen molar-refractivity contribution < 1.29 is 4.79 Å². The minimum atomic E-state index is -0.158. The Kier molecular flexibility index (Phi) is 3.83. The third-order valence-electron chi connectivity index (χ3n) is 4.65. The molecule has 0 aliphatic carbocycles. The first-order chi connectivity index (χ1) is 13.8. The van der Waals surface area contributed by atoms with Crippen LogP contribution in [0.2, 0.25) is 0 Å². The number of imidazole rings is 1. The van der Waals surface area contributed by atoms with Crippen LogP contribution in [0.5, 0.6) is 0 Å². The van der Waals surface area contributed by atoms with Crippen LogP contribution >= 0.6 is 0 Å². The second-order valence-corrected chi connectivity index (χ2v) is 6.38. The first-order valence-corrected chi connectivity index (χ1v) is 8.89. The van der Waals surface area contributed by atoms with Gasteiger partial charge >= 0.3 is 0 Å². The van der Waals surface area contributed by atoms with E-state index < -0.39 is 0 Å². The van der Waals surface area contributed by atoms with Crippen molar-refractivity contribution in [3.63, 3.8) is 0 Å². The summed E-state index contributed by atoms with van der Waals surface area (Å²) in [5.41, 5.74) is 4.25. The summed E-state index contributed by atoms with van der Waals surface area (Å²) in [7, 11) is 0. The lowest BCUT2D eigenvalue weighted by molar-refractivity contribution is 0.0950. The fourth-order valence-corrected chi connectivity index (χ4v) is 3.21. The van der Waals surface area contributed by atoms with Crippen molar-refractivity contribution in [3.05, 3.63) is 90.6 Å². The monoisotopic (exact) mass is 368 g/mol. The molecule has 7 heteroatoms. The third-order valence-corrected chi connectivity index (χ3v) is 4.65. The Morgan fingerprint density at radius 1 is 0.929 bits per heavy atom. The third kappa shape index (κ3) is 2.79. The van der Waals surface area contributed by atoms with Crippen molar-refractivity contribution in [3.8, 4) is 5.69 Å². The highest BCUT2D eigenvalue weighted by Gasteiger charge is 2.10. The number of pyridine rings is 1. The molecule has 136 valence electrons. The van der Waals surface area contributed by atoms with Crippen molar-refractivity contribution >= 4 is 22.6 Å². The minimum Gasteiger partial charge on any atom is -0.345 e. The molecule has 2 aromatic carbocycles. The molecule has 5 rings (SSSR count). The van der Waals surface area contributed by atoms with Gasteiger partial charge in [0.25, 0.3) is 5.91 Å². The number of aromatic nitrogens is 5. The van der Waals surface area contributed by atoms with Gasteiger partial charge in [-0.15, -0.1) is 10.2 Å². The zero-order valence-corrected chi connectivity index (χ0v) is 14.9. The van der Waals surface area contributed by atoms with Crippen LogP contribution in [0.3, 0.4) is 0 Å². The molecule has 3 aromatic heterocycles. The van der Waals surface area contributed by atoms with Crippen LogP contribution < -0.4 is 5.32 Å². The van der Waals surface area contributed by atoms with Gasteiger partial charge in [0.15, 0.2) is 11.5 Å². The van der Waals surface area contributed by atoms with Crippen molar-refractivity contribution in [2.75, 3.05) is 0 Å². The highest BCUT2D eigenvalue weighted by atomic mass is 16.1. The number of para-hydroxylation sites is 2. The highest BCUT2D eigenvalue weighted by Crippen LogP contribution is 2.18. The molecule has 28 heavy (non-hydrogen) atoms. The predicted octanol–water partition coefficient (Wildman–Crippen LogP) is 3.00. The standard InChI is InChI=1S/C21H16N6O/c28-21(22-13-20-25-24-19-7-3-4-12-26(19)20)15-8-10-16(11-9-15)27-14-23-17-5-1-2-6-18(17)27/h1-12,14H,13H2,(H,22,28). The van der Waals surface area contributed by atoms with E-state index >= 15 is 0 Å². The first-order valence-electron chi connectivity index (χ1n) is 8.89. The molecule has 0 spiro atoms. The summed E-state index contributed by atoms with van der Waals surface area (Å²) in [6.07, 6.45) is 3.66. The maximum atomic E-state index is 12.5. The van der Waals surface area contributed by atoms with Gasteiger partial charge in [-0.2, -0.15) is 0 Å². The summed E-state index contributed by atoms with van der Waals surface area (Å²) in [5.74, 6) is 0.528. The molecular formula is C21H16N6O. The topological polar surface area (TPSA) is 77.1 Å². The Bertz CT molecular complexity index is 1290. The Balaban J connectivity index is 1.33. The van der Waals surface area contributed by atoms with Crippen LogP contribution in [-0.2, 0) is 6.54 Å². The number of nitrogens with one attached hydrogen (secondary N) is 1. The molecule has 7 nitrogen and oxygen atoms in total. The summed E-state index contributed by atoms with van der Waals surface area (Å²) in [4.78, 5) is 16.9. The molecule has 0 bridgehead atoms. The van der Waals surface area contributed by atoms with E-state index in [1.165, 1.54) is 0 Å². The number of hydrogen-bond donors (Lipinski definition) is 1. The lowest BCUT2D eigenvalue weighted by Gasteiger charge is -2.07. The fourth-order valence-electron chi connectivity index (χ4n) is 3.21. The lowest BCUT2D eigenvalue weighted by atomic mass is 10.2. The van der Waals surface area contributed by atoms with E-state index in [-0.39, 0.29) is 5.91 Å². The molecule has 0 atom stereocenters. The molecule has 0 radical (unpaired) electrons. The molecule has 0 fully saturated rings. The molecule has 0 aliphatic rings. The Morgan fingerprint density at radius 3 is 2.64 bits per heavy atom. The summed E-state index contributed by atoms with van der Waals surface area (Å²) in [6.45, 7) is 0.303. The number of amides is 1. The van der Waals surface area contributed by atoms with Gasteiger partial charge in [0.1, 0.15) is 6.33 Å². The summed E-state index contributed by atoms with van der Waals surface area (Å²) in [5, 5.41) is 11.1.